The molecule has 1 unspecified atom stereocenters. The molecule has 0 radical (unpaired) electrons. The number of hydrazine groups is 1. The van der Waals surface area contributed by atoms with Gasteiger partial charge in [0.1, 0.15) is 0 Å². The van der Waals surface area contributed by atoms with Gasteiger partial charge in [0.15, 0.2) is 9.84 Å². The van der Waals surface area contributed by atoms with E-state index in [0.29, 0.717) is 12.0 Å². The minimum Gasteiger partial charge on any atom is -0.268 e. The molecule has 2 aromatic rings. The fraction of sp³-hybridized carbons (Fsp3) is 0.316. The summed E-state index contributed by atoms with van der Waals surface area (Å²) in [5.41, 5.74) is 2.68. The lowest BCUT2D eigenvalue weighted by Crippen LogP contribution is -2.49. The summed E-state index contributed by atoms with van der Waals surface area (Å²) in [4.78, 5) is 12.9. The molecule has 0 aliphatic carbocycles. The molecule has 1 atom stereocenters. The molecule has 132 valence electrons. The molecule has 0 aromatic heterocycles. The van der Waals surface area contributed by atoms with Crippen LogP contribution >= 0.6 is 0 Å². The largest absolute Gasteiger partial charge is 0.268 e. The van der Waals surface area contributed by atoms with Gasteiger partial charge in [-0.15, -0.1) is 0 Å². The molecule has 6 heteroatoms. The smallest absolute Gasteiger partial charge is 0.268 e. The molecule has 0 bridgehead atoms. The normalized spacial score (nSPS) is 19.1. The molecule has 1 aliphatic heterocycles. The van der Waals surface area contributed by atoms with Crippen molar-refractivity contribution in [3.05, 3.63) is 60.2 Å². The summed E-state index contributed by atoms with van der Waals surface area (Å²) < 4.78 is 23.5. The highest BCUT2D eigenvalue weighted by Crippen LogP contribution is 2.23. The fourth-order valence-corrected chi connectivity index (χ4v) is 4.90. The molecule has 2 aromatic carbocycles. The van der Waals surface area contributed by atoms with Gasteiger partial charge >= 0.3 is 0 Å². The fourth-order valence-electron chi connectivity index (χ4n) is 3.21. The van der Waals surface area contributed by atoms with Crippen LogP contribution in [0.25, 0.3) is 11.1 Å². The third-order valence-electron chi connectivity index (χ3n) is 4.43. The Morgan fingerprint density at radius 1 is 0.960 bits per heavy atom. The van der Waals surface area contributed by atoms with E-state index in [9.17, 15) is 13.2 Å². The van der Waals surface area contributed by atoms with Gasteiger partial charge in [-0.2, -0.15) is 0 Å². The Bertz CT molecular complexity index is 846. The van der Waals surface area contributed by atoms with Gasteiger partial charge in [-0.3, -0.25) is 9.80 Å². The molecule has 5 nitrogen and oxygen atoms in total. The van der Waals surface area contributed by atoms with E-state index >= 15 is 0 Å². The van der Waals surface area contributed by atoms with Crippen LogP contribution in [-0.4, -0.2) is 56.0 Å². The van der Waals surface area contributed by atoms with Crippen molar-refractivity contribution in [2.24, 2.45) is 0 Å². The highest BCUT2D eigenvalue weighted by molar-refractivity contribution is 7.91. The second-order valence-corrected chi connectivity index (χ2v) is 8.73. The molecule has 1 aliphatic rings. The van der Waals surface area contributed by atoms with Crippen LogP contribution in [0.3, 0.4) is 0 Å². The number of hydrogen-bond donors (Lipinski definition) is 0. The molecule has 0 N–H and O–H groups in total. The Hall–Kier alpha value is -2.18. The van der Waals surface area contributed by atoms with Crippen molar-refractivity contribution >= 4 is 15.7 Å². The van der Waals surface area contributed by atoms with E-state index in [1.807, 2.05) is 42.5 Å². The Balaban J connectivity index is 1.83. The first-order chi connectivity index (χ1) is 11.9. The van der Waals surface area contributed by atoms with Crippen LogP contribution < -0.4 is 0 Å². The lowest BCUT2D eigenvalue weighted by atomic mass is 10.0. The van der Waals surface area contributed by atoms with Crippen molar-refractivity contribution < 1.29 is 13.2 Å². The van der Waals surface area contributed by atoms with E-state index < -0.39 is 9.84 Å². The summed E-state index contributed by atoms with van der Waals surface area (Å²) in [6.45, 7) is 0. The first kappa shape index (κ1) is 17.6. The lowest BCUT2D eigenvalue weighted by molar-refractivity contribution is 0.00101. The molecular formula is C19H22N2O3S. The van der Waals surface area contributed by atoms with Crippen LogP contribution in [0.1, 0.15) is 16.8 Å². The van der Waals surface area contributed by atoms with E-state index in [1.54, 1.807) is 36.2 Å². The molecule has 25 heavy (non-hydrogen) atoms. The predicted molar refractivity (Wildman–Crippen MR) is 98.8 cm³/mol. The van der Waals surface area contributed by atoms with Crippen molar-refractivity contribution in [3.8, 4) is 11.1 Å². The molecule has 0 saturated carbocycles. The van der Waals surface area contributed by atoms with Gasteiger partial charge in [0.25, 0.3) is 5.91 Å². The second kappa shape index (κ2) is 6.98. The maximum absolute atomic E-state index is 12.9. The zero-order chi connectivity index (χ0) is 18.0. The zero-order valence-electron chi connectivity index (χ0n) is 14.4. The molecular weight excluding hydrogens is 336 g/mol. The van der Waals surface area contributed by atoms with Gasteiger partial charge < -0.3 is 0 Å². The third-order valence-corrected chi connectivity index (χ3v) is 6.18. The predicted octanol–water partition coefficient (Wildman–Crippen LogP) is 2.46. The van der Waals surface area contributed by atoms with E-state index in [-0.39, 0.29) is 23.5 Å². The highest BCUT2D eigenvalue weighted by atomic mass is 32.2. The number of carbonyl (C=O) groups excluding carboxylic acids is 1. The Kier molecular flexibility index (Phi) is 4.92. The maximum atomic E-state index is 12.9. The van der Waals surface area contributed by atoms with Crippen molar-refractivity contribution in [1.82, 2.24) is 10.0 Å². The van der Waals surface area contributed by atoms with Crippen LogP contribution in [0.4, 0.5) is 0 Å². The topological polar surface area (TPSA) is 57.7 Å². The van der Waals surface area contributed by atoms with Gasteiger partial charge in [0.2, 0.25) is 0 Å². The summed E-state index contributed by atoms with van der Waals surface area (Å²) in [7, 11) is 0.477. The molecule has 0 spiro atoms. The number of hydrogen-bond acceptors (Lipinski definition) is 4. The minimum absolute atomic E-state index is 0.0268. The summed E-state index contributed by atoms with van der Waals surface area (Å²) in [6.07, 6.45) is 0.481. The monoisotopic (exact) mass is 358 g/mol. The van der Waals surface area contributed by atoms with E-state index in [0.717, 1.165) is 11.1 Å². The quantitative estimate of drug-likeness (QED) is 0.788. The van der Waals surface area contributed by atoms with Crippen LogP contribution in [0.2, 0.25) is 0 Å². The van der Waals surface area contributed by atoms with Crippen molar-refractivity contribution in [3.63, 3.8) is 0 Å². The van der Waals surface area contributed by atoms with Crippen LogP contribution in [0.5, 0.6) is 0 Å². The second-order valence-electron chi connectivity index (χ2n) is 6.50. The summed E-state index contributed by atoms with van der Waals surface area (Å²) in [6, 6.07) is 17.1. The van der Waals surface area contributed by atoms with Crippen LogP contribution in [0.15, 0.2) is 54.6 Å². The van der Waals surface area contributed by atoms with Gasteiger partial charge in [-0.1, -0.05) is 42.5 Å². The summed E-state index contributed by atoms with van der Waals surface area (Å²) >= 11 is 0. The minimum atomic E-state index is -3.05. The first-order valence-electron chi connectivity index (χ1n) is 8.24. The zero-order valence-corrected chi connectivity index (χ0v) is 15.2. The van der Waals surface area contributed by atoms with E-state index in [1.165, 1.54) is 0 Å². The number of nitrogens with zero attached hydrogens (tertiary/aromatic N) is 2. The molecule has 3 rings (SSSR count). The van der Waals surface area contributed by atoms with Crippen molar-refractivity contribution in [2.75, 3.05) is 25.6 Å². The summed E-state index contributed by atoms with van der Waals surface area (Å²) in [5.74, 6) is -0.00643. The van der Waals surface area contributed by atoms with Crippen molar-refractivity contribution in [2.45, 2.75) is 12.5 Å². The molecule has 1 amide bonds. The van der Waals surface area contributed by atoms with Gasteiger partial charge in [-0.25, -0.2) is 13.4 Å². The Morgan fingerprint density at radius 3 is 2.08 bits per heavy atom. The van der Waals surface area contributed by atoms with Crippen molar-refractivity contribution in [1.29, 1.82) is 0 Å². The highest BCUT2D eigenvalue weighted by Gasteiger charge is 2.36. The van der Waals surface area contributed by atoms with Gasteiger partial charge in [0, 0.05) is 19.7 Å². The van der Waals surface area contributed by atoms with Gasteiger partial charge in [0.05, 0.1) is 17.5 Å². The van der Waals surface area contributed by atoms with E-state index in [4.69, 9.17) is 0 Å². The SMILES string of the molecule is CN(C)N(C(=O)c1ccc(-c2ccccc2)cc1)C1CCS(=O)(=O)C1. The first-order valence-corrected chi connectivity index (χ1v) is 10.1. The number of amides is 1. The summed E-state index contributed by atoms with van der Waals surface area (Å²) in [5, 5.41) is 3.24. The number of rotatable bonds is 4. The average molecular weight is 358 g/mol. The van der Waals surface area contributed by atoms with Crippen LogP contribution in [-0.2, 0) is 9.84 Å². The molecule has 1 fully saturated rings. The Labute approximate surface area is 148 Å². The number of sulfone groups is 1. The van der Waals surface area contributed by atoms with E-state index in [2.05, 4.69) is 0 Å². The molecule has 1 heterocycles. The maximum Gasteiger partial charge on any atom is 0.268 e. The van der Waals surface area contributed by atoms with Crippen LogP contribution in [0, 0.1) is 0 Å². The Morgan fingerprint density at radius 2 is 1.56 bits per heavy atom. The van der Waals surface area contributed by atoms with Gasteiger partial charge in [-0.05, 0) is 29.7 Å². The standard InChI is InChI=1S/C19H22N2O3S/c1-20(2)21(18-12-13-25(23,24)14-18)19(22)17-10-8-16(9-11-17)15-6-4-3-5-7-15/h3-11,18H,12-14H2,1-2H3. The third kappa shape index (κ3) is 3.91. The number of benzene rings is 2. The number of carbonyl (C=O) groups is 1. The molecule has 1 saturated heterocycles. The lowest BCUT2D eigenvalue weighted by Gasteiger charge is -2.33. The average Bonchev–Trinajstić information content (AvgIpc) is 2.95.